The summed E-state index contributed by atoms with van der Waals surface area (Å²) in [5, 5.41) is 3.21. The van der Waals surface area contributed by atoms with E-state index in [2.05, 4.69) is 10.2 Å². The van der Waals surface area contributed by atoms with Gasteiger partial charge >= 0.3 is 0 Å². The Kier molecular flexibility index (Phi) is 6.39. The van der Waals surface area contributed by atoms with Crippen LogP contribution in [0.25, 0.3) is 0 Å². The number of morpholine rings is 1. The lowest BCUT2D eigenvalue weighted by Gasteiger charge is -2.39. The van der Waals surface area contributed by atoms with E-state index in [1.54, 1.807) is 6.07 Å². The normalized spacial score (nSPS) is 23.4. The van der Waals surface area contributed by atoms with Gasteiger partial charge in [0.1, 0.15) is 11.9 Å². The maximum absolute atomic E-state index is 13.8. The van der Waals surface area contributed by atoms with Gasteiger partial charge in [0, 0.05) is 26.2 Å². The Hall–Kier alpha value is -1.50. The van der Waals surface area contributed by atoms with Crippen LogP contribution in [0.15, 0.2) is 24.3 Å². The van der Waals surface area contributed by atoms with Crippen LogP contribution in [-0.2, 0) is 9.53 Å². The van der Waals surface area contributed by atoms with E-state index in [0.717, 1.165) is 38.0 Å². The number of carbonyl (C=O) groups excluding carboxylic acids is 1. The SMILES string of the molecule is CNCC1CCCN(C(=O)C(c2cccc(F)c2)N2CCOCC2)C1. The van der Waals surface area contributed by atoms with Crippen LogP contribution in [0.3, 0.4) is 0 Å². The lowest BCUT2D eigenvalue weighted by Crippen LogP contribution is -2.50. The summed E-state index contributed by atoms with van der Waals surface area (Å²) in [4.78, 5) is 17.5. The summed E-state index contributed by atoms with van der Waals surface area (Å²) in [7, 11) is 1.95. The minimum absolute atomic E-state index is 0.0910. The van der Waals surface area contributed by atoms with Gasteiger partial charge in [-0.1, -0.05) is 12.1 Å². The number of halogens is 1. The van der Waals surface area contributed by atoms with Crippen LogP contribution in [-0.4, -0.2) is 68.7 Å². The molecule has 25 heavy (non-hydrogen) atoms. The highest BCUT2D eigenvalue weighted by Crippen LogP contribution is 2.27. The Labute approximate surface area is 149 Å². The highest BCUT2D eigenvalue weighted by atomic mass is 19.1. The second kappa shape index (κ2) is 8.74. The number of carbonyl (C=O) groups is 1. The van der Waals surface area contributed by atoms with Crippen LogP contribution in [0.2, 0.25) is 0 Å². The van der Waals surface area contributed by atoms with Gasteiger partial charge in [0.05, 0.1) is 13.2 Å². The third kappa shape index (κ3) is 4.57. The van der Waals surface area contributed by atoms with Crippen molar-refractivity contribution < 1.29 is 13.9 Å². The van der Waals surface area contributed by atoms with E-state index in [0.29, 0.717) is 32.2 Å². The molecule has 2 heterocycles. The van der Waals surface area contributed by atoms with Crippen LogP contribution in [0, 0.1) is 11.7 Å². The van der Waals surface area contributed by atoms with Crippen molar-refractivity contribution in [3.8, 4) is 0 Å². The van der Waals surface area contributed by atoms with Crippen molar-refractivity contribution in [2.24, 2.45) is 5.92 Å². The molecular weight excluding hydrogens is 321 g/mol. The Bertz CT molecular complexity index is 576. The number of hydrogen-bond acceptors (Lipinski definition) is 4. The van der Waals surface area contributed by atoms with Gasteiger partial charge in [0.2, 0.25) is 5.91 Å². The largest absolute Gasteiger partial charge is 0.379 e. The average molecular weight is 349 g/mol. The van der Waals surface area contributed by atoms with Crippen LogP contribution in [0.4, 0.5) is 4.39 Å². The molecule has 1 aromatic rings. The topological polar surface area (TPSA) is 44.8 Å². The number of rotatable bonds is 5. The molecule has 6 heteroatoms. The molecule has 0 spiro atoms. The van der Waals surface area contributed by atoms with E-state index < -0.39 is 6.04 Å². The summed E-state index contributed by atoms with van der Waals surface area (Å²) >= 11 is 0. The molecule has 3 rings (SSSR count). The van der Waals surface area contributed by atoms with Gasteiger partial charge in [-0.3, -0.25) is 9.69 Å². The third-order valence-corrected chi connectivity index (χ3v) is 5.13. The molecule has 2 fully saturated rings. The molecule has 2 aliphatic rings. The number of ether oxygens (including phenoxy) is 1. The van der Waals surface area contributed by atoms with Crippen LogP contribution in [0.1, 0.15) is 24.4 Å². The molecular formula is C19H28FN3O2. The second-order valence-corrected chi connectivity index (χ2v) is 6.96. The molecule has 1 amide bonds. The standard InChI is InChI=1S/C19H28FN3O2/c1-21-13-15-4-3-7-23(14-15)19(24)18(22-8-10-25-11-9-22)16-5-2-6-17(20)12-16/h2,5-6,12,15,18,21H,3-4,7-11,13-14H2,1H3. The van der Waals surface area contributed by atoms with Crippen LogP contribution < -0.4 is 5.32 Å². The molecule has 2 saturated heterocycles. The van der Waals surface area contributed by atoms with Crippen LogP contribution >= 0.6 is 0 Å². The number of piperidine rings is 1. The quantitative estimate of drug-likeness (QED) is 0.878. The van der Waals surface area contributed by atoms with E-state index in [1.807, 2.05) is 18.0 Å². The molecule has 2 aliphatic heterocycles. The summed E-state index contributed by atoms with van der Waals surface area (Å²) in [5.41, 5.74) is 0.739. The lowest BCUT2D eigenvalue weighted by atomic mass is 9.95. The maximum Gasteiger partial charge on any atom is 0.244 e. The van der Waals surface area contributed by atoms with E-state index in [9.17, 15) is 9.18 Å². The minimum Gasteiger partial charge on any atom is -0.379 e. The predicted octanol–water partition coefficient (Wildman–Crippen LogP) is 1.66. The molecule has 0 radical (unpaired) electrons. The Morgan fingerprint density at radius 1 is 1.36 bits per heavy atom. The fourth-order valence-corrected chi connectivity index (χ4v) is 3.92. The fourth-order valence-electron chi connectivity index (χ4n) is 3.92. The van der Waals surface area contributed by atoms with Gasteiger partial charge in [-0.2, -0.15) is 0 Å². The van der Waals surface area contributed by atoms with E-state index in [4.69, 9.17) is 4.74 Å². The van der Waals surface area contributed by atoms with Gasteiger partial charge in [-0.25, -0.2) is 4.39 Å². The number of amides is 1. The van der Waals surface area contributed by atoms with Crippen LogP contribution in [0.5, 0.6) is 0 Å². The highest BCUT2D eigenvalue weighted by Gasteiger charge is 2.34. The molecule has 0 bridgehead atoms. The molecule has 1 N–H and O–H groups in total. The first-order chi connectivity index (χ1) is 12.2. The third-order valence-electron chi connectivity index (χ3n) is 5.13. The molecule has 0 saturated carbocycles. The van der Waals surface area contributed by atoms with Gasteiger partial charge in [0.25, 0.3) is 0 Å². The zero-order valence-electron chi connectivity index (χ0n) is 14.9. The fraction of sp³-hybridized carbons (Fsp3) is 0.632. The van der Waals surface area contributed by atoms with Crippen molar-refractivity contribution in [2.75, 3.05) is 53.0 Å². The molecule has 5 nitrogen and oxygen atoms in total. The predicted molar refractivity (Wildman–Crippen MR) is 94.8 cm³/mol. The molecule has 1 aromatic carbocycles. The Balaban J connectivity index is 1.81. The van der Waals surface area contributed by atoms with Crippen molar-refractivity contribution in [2.45, 2.75) is 18.9 Å². The summed E-state index contributed by atoms with van der Waals surface area (Å²) in [6.07, 6.45) is 2.17. The zero-order chi connectivity index (χ0) is 17.6. The monoisotopic (exact) mass is 349 g/mol. The van der Waals surface area contributed by atoms with E-state index >= 15 is 0 Å². The van der Waals surface area contributed by atoms with Crippen molar-refractivity contribution in [1.29, 1.82) is 0 Å². The highest BCUT2D eigenvalue weighted by molar-refractivity contribution is 5.83. The first-order valence-corrected chi connectivity index (χ1v) is 9.19. The Morgan fingerprint density at radius 3 is 2.88 bits per heavy atom. The number of likely N-dealkylation sites (tertiary alicyclic amines) is 1. The number of benzene rings is 1. The minimum atomic E-state index is -0.423. The average Bonchev–Trinajstić information content (AvgIpc) is 2.63. The Morgan fingerprint density at radius 2 is 2.16 bits per heavy atom. The molecule has 2 atom stereocenters. The molecule has 0 aliphatic carbocycles. The molecule has 0 aromatic heterocycles. The second-order valence-electron chi connectivity index (χ2n) is 6.96. The first kappa shape index (κ1) is 18.3. The maximum atomic E-state index is 13.8. The lowest BCUT2D eigenvalue weighted by molar-refractivity contribution is -0.141. The summed E-state index contributed by atoms with van der Waals surface area (Å²) in [5.74, 6) is 0.282. The van der Waals surface area contributed by atoms with Gasteiger partial charge in [-0.15, -0.1) is 0 Å². The zero-order valence-corrected chi connectivity index (χ0v) is 14.9. The number of nitrogens with zero attached hydrogens (tertiary/aromatic N) is 2. The number of hydrogen-bond donors (Lipinski definition) is 1. The number of nitrogens with one attached hydrogen (secondary N) is 1. The molecule has 2 unspecified atom stereocenters. The van der Waals surface area contributed by atoms with Gasteiger partial charge in [-0.05, 0) is 50.0 Å². The first-order valence-electron chi connectivity index (χ1n) is 9.19. The van der Waals surface area contributed by atoms with E-state index in [-0.39, 0.29) is 11.7 Å². The van der Waals surface area contributed by atoms with Crippen molar-refractivity contribution in [3.05, 3.63) is 35.6 Å². The van der Waals surface area contributed by atoms with Crippen molar-refractivity contribution >= 4 is 5.91 Å². The van der Waals surface area contributed by atoms with Crippen molar-refractivity contribution in [3.63, 3.8) is 0 Å². The van der Waals surface area contributed by atoms with E-state index in [1.165, 1.54) is 12.1 Å². The van der Waals surface area contributed by atoms with Gasteiger partial charge in [0.15, 0.2) is 0 Å². The molecule has 138 valence electrons. The summed E-state index contributed by atoms with van der Waals surface area (Å²) in [6, 6.07) is 6.04. The smallest absolute Gasteiger partial charge is 0.244 e. The van der Waals surface area contributed by atoms with Gasteiger partial charge < -0.3 is 15.0 Å². The van der Waals surface area contributed by atoms with Crippen molar-refractivity contribution in [1.82, 2.24) is 15.1 Å². The summed E-state index contributed by atoms with van der Waals surface area (Å²) < 4.78 is 19.2. The summed E-state index contributed by atoms with van der Waals surface area (Å²) in [6.45, 7) is 5.10.